The third kappa shape index (κ3) is 4.68. The molecule has 0 radical (unpaired) electrons. The molecule has 0 amide bonds. The topological polar surface area (TPSA) is 78.9 Å². The SMILES string of the molecule is CCOc1cc2c(cc1OC(C)=O)C(=O)[C@@H]([Si](C)(C)C)CC1C2CC[C@@]2(C)C1CC[C@@H]2OC(C)=O. The summed E-state index contributed by atoms with van der Waals surface area (Å²) in [7, 11) is -1.86. The van der Waals surface area contributed by atoms with Crippen molar-refractivity contribution in [3.8, 4) is 11.5 Å². The molecule has 192 valence electrons. The number of hydrogen-bond acceptors (Lipinski definition) is 6. The first-order valence-corrected chi connectivity index (χ1v) is 16.6. The third-order valence-corrected chi connectivity index (χ3v) is 11.5. The van der Waals surface area contributed by atoms with E-state index in [1.165, 1.54) is 13.8 Å². The van der Waals surface area contributed by atoms with Gasteiger partial charge in [0.1, 0.15) is 6.10 Å². The van der Waals surface area contributed by atoms with Crippen molar-refractivity contribution in [2.45, 2.75) is 97.0 Å². The second-order valence-corrected chi connectivity index (χ2v) is 17.5. The number of rotatable bonds is 5. The van der Waals surface area contributed by atoms with Gasteiger partial charge in [0.05, 0.1) is 14.7 Å². The summed E-state index contributed by atoms with van der Waals surface area (Å²) in [6, 6.07) is 3.74. The summed E-state index contributed by atoms with van der Waals surface area (Å²) in [5.41, 5.74) is 1.65. The molecule has 35 heavy (non-hydrogen) atoms. The Morgan fingerprint density at radius 2 is 1.77 bits per heavy atom. The highest BCUT2D eigenvalue weighted by molar-refractivity contribution is 6.81. The molecule has 3 aliphatic rings. The maximum absolute atomic E-state index is 14.1. The van der Waals surface area contributed by atoms with E-state index in [2.05, 4.69) is 26.6 Å². The van der Waals surface area contributed by atoms with Gasteiger partial charge in [0.2, 0.25) is 0 Å². The number of ketones is 1. The zero-order valence-electron chi connectivity index (χ0n) is 22.2. The van der Waals surface area contributed by atoms with Crippen molar-refractivity contribution in [3.63, 3.8) is 0 Å². The van der Waals surface area contributed by atoms with Gasteiger partial charge in [-0.25, -0.2) is 0 Å². The maximum atomic E-state index is 14.1. The average Bonchev–Trinajstić information content (AvgIpc) is 3.00. The molecule has 4 rings (SSSR count). The predicted octanol–water partition coefficient (Wildman–Crippen LogP) is 6.15. The van der Waals surface area contributed by atoms with E-state index >= 15 is 0 Å². The van der Waals surface area contributed by atoms with E-state index < -0.39 is 14.0 Å². The van der Waals surface area contributed by atoms with E-state index in [-0.39, 0.29) is 34.7 Å². The highest BCUT2D eigenvalue weighted by Crippen LogP contribution is 2.63. The molecule has 2 saturated carbocycles. The Morgan fingerprint density at radius 3 is 2.37 bits per heavy atom. The van der Waals surface area contributed by atoms with Gasteiger partial charge in [-0.05, 0) is 74.5 Å². The van der Waals surface area contributed by atoms with E-state index in [0.29, 0.717) is 35.5 Å². The summed E-state index contributed by atoms with van der Waals surface area (Å²) < 4.78 is 17.2. The second kappa shape index (κ2) is 9.38. The fourth-order valence-electron chi connectivity index (χ4n) is 7.26. The summed E-state index contributed by atoms with van der Waals surface area (Å²) >= 11 is 0. The smallest absolute Gasteiger partial charge is 0.308 e. The third-order valence-electron chi connectivity index (χ3n) is 8.86. The van der Waals surface area contributed by atoms with E-state index in [4.69, 9.17) is 14.2 Å². The van der Waals surface area contributed by atoms with Crippen molar-refractivity contribution in [3.05, 3.63) is 23.3 Å². The zero-order valence-corrected chi connectivity index (χ0v) is 23.2. The lowest BCUT2D eigenvalue weighted by molar-refractivity contribution is -0.154. The molecule has 0 saturated heterocycles. The molecule has 1 aromatic rings. The molecule has 2 fully saturated rings. The number of esters is 2. The van der Waals surface area contributed by atoms with Crippen LogP contribution in [0.1, 0.15) is 81.6 Å². The van der Waals surface area contributed by atoms with E-state index in [0.717, 1.165) is 37.7 Å². The Morgan fingerprint density at radius 1 is 1.06 bits per heavy atom. The lowest BCUT2D eigenvalue weighted by Gasteiger charge is -2.49. The van der Waals surface area contributed by atoms with Crippen LogP contribution in [0.5, 0.6) is 11.5 Å². The standard InChI is InChI=1S/C28H40O6Si/c1-8-32-23-13-19-18-11-12-28(4)22(9-10-26(28)34-17(3)30)20(18)15-25(35(5,6)7)27(31)21(19)14-24(23)33-16(2)29/h13-14,18,20,22,25-26H,8-12,15H2,1-7H3/t18?,20?,22?,25-,26-,28-/m0/s1. The van der Waals surface area contributed by atoms with Gasteiger partial charge in [0, 0.05) is 30.4 Å². The first-order valence-electron chi connectivity index (χ1n) is 13.1. The predicted molar refractivity (Wildman–Crippen MR) is 137 cm³/mol. The molecule has 3 aliphatic carbocycles. The van der Waals surface area contributed by atoms with Gasteiger partial charge < -0.3 is 14.2 Å². The van der Waals surface area contributed by atoms with Gasteiger partial charge in [-0.1, -0.05) is 26.6 Å². The van der Waals surface area contributed by atoms with Crippen LogP contribution in [0.4, 0.5) is 0 Å². The number of benzene rings is 1. The van der Waals surface area contributed by atoms with Gasteiger partial charge in [0.15, 0.2) is 17.3 Å². The zero-order chi connectivity index (χ0) is 25.7. The van der Waals surface area contributed by atoms with Crippen molar-refractivity contribution in [1.29, 1.82) is 0 Å². The maximum Gasteiger partial charge on any atom is 0.308 e. The molecule has 0 bridgehead atoms. The summed E-state index contributed by atoms with van der Waals surface area (Å²) in [4.78, 5) is 37.8. The first-order chi connectivity index (χ1) is 16.4. The summed E-state index contributed by atoms with van der Waals surface area (Å²) in [6.07, 6.45) is 4.61. The Hall–Kier alpha value is -2.15. The summed E-state index contributed by atoms with van der Waals surface area (Å²) in [5.74, 6) is 1.36. The van der Waals surface area contributed by atoms with Gasteiger partial charge >= 0.3 is 11.9 Å². The minimum atomic E-state index is -1.86. The van der Waals surface area contributed by atoms with Crippen LogP contribution < -0.4 is 9.47 Å². The molecule has 6 atom stereocenters. The normalized spacial score (nSPS) is 32.1. The van der Waals surface area contributed by atoms with Gasteiger partial charge in [-0.3, -0.25) is 14.4 Å². The number of hydrogen-bond donors (Lipinski definition) is 0. The van der Waals surface area contributed by atoms with Crippen LogP contribution in [-0.4, -0.2) is 38.5 Å². The average molecular weight is 501 g/mol. The number of carbonyl (C=O) groups excluding carboxylic acids is 3. The fourth-order valence-corrected chi connectivity index (χ4v) is 9.18. The molecule has 6 nitrogen and oxygen atoms in total. The monoisotopic (exact) mass is 500 g/mol. The van der Waals surface area contributed by atoms with Crippen molar-refractivity contribution in [2.75, 3.05) is 6.61 Å². The number of ether oxygens (including phenoxy) is 3. The Bertz CT molecular complexity index is 1030. The van der Waals surface area contributed by atoms with Crippen LogP contribution in [0.3, 0.4) is 0 Å². The van der Waals surface area contributed by atoms with Crippen molar-refractivity contribution in [1.82, 2.24) is 0 Å². The number of carbonyl (C=O) groups is 3. The molecule has 0 heterocycles. The molecule has 0 spiro atoms. The van der Waals surface area contributed by atoms with Gasteiger partial charge in [0.25, 0.3) is 0 Å². The minimum absolute atomic E-state index is 0.0190. The lowest BCUT2D eigenvalue weighted by atomic mass is 9.58. The molecular formula is C28H40O6Si. The van der Waals surface area contributed by atoms with E-state index in [9.17, 15) is 14.4 Å². The van der Waals surface area contributed by atoms with Crippen molar-refractivity contribution in [2.24, 2.45) is 17.3 Å². The molecule has 0 aliphatic heterocycles. The minimum Gasteiger partial charge on any atom is -0.490 e. The van der Waals surface area contributed by atoms with Crippen LogP contribution in [0.25, 0.3) is 0 Å². The molecule has 0 N–H and O–H groups in total. The molecule has 7 heteroatoms. The fraction of sp³-hybridized carbons (Fsp3) is 0.679. The number of fused-ring (bicyclic) bond motifs is 5. The molecular weight excluding hydrogens is 460 g/mol. The second-order valence-electron chi connectivity index (χ2n) is 12.0. The van der Waals surface area contributed by atoms with Crippen LogP contribution in [0.2, 0.25) is 25.2 Å². The van der Waals surface area contributed by atoms with Crippen LogP contribution in [0.15, 0.2) is 12.1 Å². The molecule has 0 aromatic heterocycles. The highest BCUT2D eigenvalue weighted by atomic mass is 28.3. The quantitative estimate of drug-likeness (QED) is 0.274. The van der Waals surface area contributed by atoms with Crippen LogP contribution >= 0.6 is 0 Å². The Labute approximate surface area is 210 Å². The van der Waals surface area contributed by atoms with E-state index in [1.54, 1.807) is 6.07 Å². The van der Waals surface area contributed by atoms with Crippen LogP contribution in [-0.2, 0) is 14.3 Å². The largest absolute Gasteiger partial charge is 0.490 e. The first kappa shape index (κ1) is 25.9. The van der Waals surface area contributed by atoms with Gasteiger partial charge in [-0.15, -0.1) is 0 Å². The molecule has 1 aromatic carbocycles. The lowest BCUT2D eigenvalue weighted by Crippen LogP contribution is -2.44. The van der Waals surface area contributed by atoms with Crippen molar-refractivity contribution < 1.29 is 28.6 Å². The molecule has 3 unspecified atom stereocenters. The van der Waals surface area contributed by atoms with E-state index in [1.807, 2.05) is 13.0 Å². The van der Waals surface area contributed by atoms with Crippen molar-refractivity contribution >= 4 is 25.8 Å². The van der Waals surface area contributed by atoms with Gasteiger partial charge in [-0.2, -0.15) is 0 Å². The number of Topliss-reactive ketones (excluding diaryl/α,β-unsaturated/α-hetero) is 1. The summed E-state index contributed by atoms with van der Waals surface area (Å²) in [5, 5.41) is 0. The Kier molecular flexibility index (Phi) is 6.95. The summed E-state index contributed by atoms with van der Waals surface area (Å²) in [6.45, 7) is 14.3. The Balaban J connectivity index is 1.84. The van der Waals surface area contributed by atoms with Crippen LogP contribution in [0, 0.1) is 17.3 Å². The highest BCUT2D eigenvalue weighted by Gasteiger charge is 2.57.